The second-order valence-electron chi connectivity index (χ2n) is 5.42. The lowest BCUT2D eigenvalue weighted by atomic mass is 10.1. The highest BCUT2D eigenvalue weighted by Gasteiger charge is 2.39. The molecule has 0 unspecified atom stereocenters. The molecule has 5 nitrogen and oxygen atoms in total. The summed E-state index contributed by atoms with van der Waals surface area (Å²) in [6.45, 7) is 8.18. The second-order valence-corrected chi connectivity index (χ2v) is 8.15. The minimum atomic E-state index is -2.63. The SMILES string of the molecule is CCO[Si](CCCC(=O)NCCc1ccccc1)(OCC)OCC. The Morgan fingerprint density at radius 1 is 1.00 bits per heavy atom. The van der Waals surface area contributed by atoms with Crippen LogP contribution in [0.4, 0.5) is 0 Å². The molecule has 0 aliphatic carbocycles. The third-order valence-corrected chi connectivity index (χ3v) is 6.71. The first-order valence-corrected chi connectivity index (χ1v) is 10.8. The van der Waals surface area contributed by atoms with Crippen LogP contribution in [0, 0.1) is 0 Å². The lowest BCUT2D eigenvalue weighted by Crippen LogP contribution is -2.46. The quantitative estimate of drug-likeness (QED) is 0.553. The average Bonchev–Trinajstić information content (AvgIpc) is 2.56. The zero-order valence-electron chi connectivity index (χ0n) is 15.2. The van der Waals surface area contributed by atoms with Crippen molar-refractivity contribution in [2.45, 2.75) is 46.1 Å². The second kappa shape index (κ2) is 12.2. The van der Waals surface area contributed by atoms with Gasteiger partial charge in [0.15, 0.2) is 0 Å². The third-order valence-electron chi connectivity index (χ3n) is 3.56. The van der Waals surface area contributed by atoms with Crippen LogP contribution in [0.15, 0.2) is 30.3 Å². The van der Waals surface area contributed by atoms with Gasteiger partial charge < -0.3 is 18.6 Å². The molecule has 0 aromatic heterocycles. The van der Waals surface area contributed by atoms with E-state index in [1.807, 2.05) is 39.0 Å². The van der Waals surface area contributed by atoms with Gasteiger partial charge in [0, 0.05) is 38.8 Å². The standard InChI is InChI=1S/C18H31NO4Si/c1-4-21-24(22-5-2,23-6-3)16-10-13-18(20)19-15-14-17-11-8-7-9-12-17/h7-9,11-12H,4-6,10,13-16H2,1-3H3,(H,19,20). The van der Waals surface area contributed by atoms with Crippen LogP contribution in [0.25, 0.3) is 0 Å². The van der Waals surface area contributed by atoms with E-state index in [0.717, 1.165) is 6.42 Å². The molecule has 0 atom stereocenters. The highest BCUT2D eigenvalue weighted by Crippen LogP contribution is 2.19. The van der Waals surface area contributed by atoms with Crippen molar-refractivity contribution in [2.24, 2.45) is 0 Å². The van der Waals surface area contributed by atoms with Crippen molar-refractivity contribution in [3.63, 3.8) is 0 Å². The number of rotatable bonds is 13. The van der Waals surface area contributed by atoms with Crippen LogP contribution in [-0.4, -0.2) is 41.1 Å². The maximum absolute atomic E-state index is 12.0. The van der Waals surface area contributed by atoms with Crippen LogP contribution in [0.5, 0.6) is 0 Å². The molecule has 1 rings (SSSR count). The van der Waals surface area contributed by atoms with Crippen molar-refractivity contribution in [3.05, 3.63) is 35.9 Å². The summed E-state index contributed by atoms with van der Waals surface area (Å²) < 4.78 is 17.4. The number of nitrogens with one attached hydrogen (secondary N) is 1. The normalized spacial score (nSPS) is 11.5. The molecule has 1 aromatic rings. The number of amides is 1. The van der Waals surface area contributed by atoms with Gasteiger partial charge in [0.1, 0.15) is 0 Å². The van der Waals surface area contributed by atoms with Crippen LogP contribution in [0.3, 0.4) is 0 Å². The van der Waals surface area contributed by atoms with Crippen LogP contribution < -0.4 is 5.32 Å². The van der Waals surface area contributed by atoms with E-state index in [-0.39, 0.29) is 5.91 Å². The van der Waals surface area contributed by atoms with Crippen molar-refractivity contribution in [3.8, 4) is 0 Å². The summed E-state index contributed by atoms with van der Waals surface area (Å²) in [4.78, 5) is 12.0. The fraction of sp³-hybridized carbons (Fsp3) is 0.611. The summed E-state index contributed by atoms with van der Waals surface area (Å²) in [6.07, 6.45) is 2.03. The van der Waals surface area contributed by atoms with Gasteiger partial charge in [-0.1, -0.05) is 30.3 Å². The van der Waals surface area contributed by atoms with E-state index in [9.17, 15) is 4.79 Å². The molecule has 0 fully saturated rings. The molecule has 0 saturated carbocycles. The smallest absolute Gasteiger partial charge is 0.374 e. The third kappa shape index (κ3) is 8.05. The van der Waals surface area contributed by atoms with Crippen molar-refractivity contribution >= 4 is 14.7 Å². The largest absolute Gasteiger partial charge is 0.500 e. The van der Waals surface area contributed by atoms with E-state index in [1.165, 1.54) is 5.56 Å². The van der Waals surface area contributed by atoms with Gasteiger partial charge in [0.2, 0.25) is 5.91 Å². The zero-order chi connectivity index (χ0) is 17.7. The van der Waals surface area contributed by atoms with Gasteiger partial charge in [-0.2, -0.15) is 0 Å². The molecule has 0 heterocycles. The highest BCUT2D eigenvalue weighted by molar-refractivity contribution is 6.60. The first-order valence-electron chi connectivity index (χ1n) is 8.88. The Hall–Kier alpha value is -1.21. The first-order chi connectivity index (χ1) is 11.7. The van der Waals surface area contributed by atoms with Gasteiger partial charge in [-0.25, -0.2) is 0 Å². The molecule has 0 aliphatic rings. The number of carbonyl (C=O) groups excluding carboxylic acids is 1. The topological polar surface area (TPSA) is 56.8 Å². The Morgan fingerprint density at radius 3 is 2.12 bits per heavy atom. The first kappa shape index (κ1) is 20.8. The Morgan fingerprint density at radius 2 is 1.58 bits per heavy atom. The highest BCUT2D eigenvalue weighted by atomic mass is 28.4. The van der Waals surface area contributed by atoms with Crippen LogP contribution in [0.2, 0.25) is 6.04 Å². The Balaban J connectivity index is 2.30. The van der Waals surface area contributed by atoms with E-state index in [0.29, 0.717) is 45.3 Å². The Kier molecular flexibility index (Phi) is 10.6. The van der Waals surface area contributed by atoms with Crippen molar-refractivity contribution < 1.29 is 18.1 Å². The maximum Gasteiger partial charge on any atom is 0.500 e. The molecular formula is C18H31NO4Si. The summed E-state index contributed by atoms with van der Waals surface area (Å²) in [5.74, 6) is 0.0679. The van der Waals surface area contributed by atoms with E-state index in [1.54, 1.807) is 0 Å². The number of benzene rings is 1. The lowest BCUT2D eigenvalue weighted by Gasteiger charge is -2.28. The molecule has 1 aromatic carbocycles. The van der Waals surface area contributed by atoms with Crippen LogP contribution in [-0.2, 0) is 24.5 Å². The van der Waals surface area contributed by atoms with Crippen LogP contribution >= 0.6 is 0 Å². The number of hydrogen-bond donors (Lipinski definition) is 1. The van der Waals surface area contributed by atoms with Gasteiger partial charge in [0.05, 0.1) is 0 Å². The lowest BCUT2D eigenvalue weighted by molar-refractivity contribution is -0.121. The fourth-order valence-corrected chi connectivity index (χ4v) is 5.16. The van der Waals surface area contributed by atoms with Gasteiger partial charge in [-0.05, 0) is 39.2 Å². The number of hydrogen-bond acceptors (Lipinski definition) is 4. The summed E-state index contributed by atoms with van der Waals surface area (Å²) in [7, 11) is -2.63. The molecule has 24 heavy (non-hydrogen) atoms. The van der Waals surface area contributed by atoms with Crippen molar-refractivity contribution in [1.29, 1.82) is 0 Å². The summed E-state index contributed by atoms with van der Waals surface area (Å²) >= 11 is 0. The minimum Gasteiger partial charge on any atom is -0.374 e. The van der Waals surface area contributed by atoms with Crippen molar-refractivity contribution in [2.75, 3.05) is 26.4 Å². The number of carbonyl (C=O) groups is 1. The summed E-state index contributed by atoms with van der Waals surface area (Å²) in [5, 5.41) is 2.97. The van der Waals surface area contributed by atoms with E-state index >= 15 is 0 Å². The van der Waals surface area contributed by atoms with Gasteiger partial charge >= 0.3 is 8.80 Å². The predicted molar refractivity (Wildman–Crippen MR) is 97.8 cm³/mol. The molecule has 1 amide bonds. The molecule has 0 bridgehead atoms. The molecule has 136 valence electrons. The molecule has 0 spiro atoms. The van der Waals surface area contributed by atoms with E-state index < -0.39 is 8.80 Å². The monoisotopic (exact) mass is 353 g/mol. The Bertz CT molecular complexity index is 439. The summed E-state index contributed by atoms with van der Waals surface area (Å²) in [6, 6.07) is 10.8. The van der Waals surface area contributed by atoms with Crippen LogP contribution in [0.1, 0.15) is 39.2 Å². The van der Waals surface area contributed by atoms with E-state index in [4.69, 9.17) is 13.3 Å². The molecule has 6 heteroatoms. The van der Waals surface area contributed by atoms with Gasteiger partial charge in [-0.15, -0.1) is 0 Å². The van der Waals surface area contributed by atoms with Gasteiger partial charge in [0.25, 0.3) is 0 Å². The van der Waals surface area contributed by atoms with Gasteiger partial charge in [-0.3, -0.25) is 4.79 Å². The predicted octanol–water partition coefficient (Wildman–Crippen LogP) is 3.17. The maximum atomic E-state index is 12.0. The molecule has 0 saturated heterocycles. The molecule has 0 radical (unpaired) electrons. The summed E-state index contributed by atoms with van der Waals surface area (Å²) in [5.41, 5.74) is 1.23. The minimum absolute atomic E-state index is 0.0679. The Labute approximate surface area is 147 Å². The molecular weight excluding hydrogens is 322 g/mol. The average molecular weight is 354 g/mol. The fourth-order valence-electron chi connectivity index (χ4n) is 2.55. The molecule has 1 N–H and O–H groups in total. The zero-order valence-corrected chi connectivity index (χ0v) is 16.2. The van der Waals surface area contributed by atoms with Crippen molar-refractivity contribution in [1.82, 2.24) is 5.32 Å². The van der Waals surface area contributed by atoms with E-state index in [2.05, 4.69) is 17.4 Å². The molecule has 0 aliphatic heterocycles.